The lowest BCUT2D eigenvalue weighted by Gasteiger charge is -2.07. The smallest absolute Gasteiger partial charge is 0.344 e. The van der Waals surface area contributed by atoms with Gasteiger partial charge in [0.2, 0.25) is 0 Å². The highest BCUT2D eigenvalue weighted by Gasteiger charge is 2.08. The van der Waals surface area contributed by atoms with E-state index >= 15 is 0 Å². The van der Waals surface area contributed by atoms with Crippen molar-refractivity contribution in [1.82, 2.24) is 0 Å². The Morgan fingerprint density at radius 2 is 1.72 bits per heavy atom. The predicted molar refractivity (Wildman–Crippen MR) is 87.6 cm³/mol. The molecular formula is C19H16FNO4. The third-order valence-corrected chi connectivity index (χ3v) is 3.32. The van der Waals surface area contributed by atoms with Crippen LogP contribution in [0.5, 0.6) is 5.75 Å². The van der Waals surface area contributed by atoms with Gasteiger partial charge < -0.3 is 9.47 Å². The van der Waals surface area contributed by atoms with Crippen molar-refractivity contribution in [3.05, 3.63) is 65.5 Å². The van der Waals surface area contributed by atoms with Crippen molar-refractivity contribution in [3.8, 4) is 11.8 Å². The molecule has 2 aromatic rings. The van der Waals surface area contributed by atoms with E-state index in [0.29, 0.717) is 23.3 Å². The molecule has 6 heteroatoms. The molecule has 0 aromatic heterocycles. The summed E-state index contributed by atoms with van der Waals surface area (Å²) in [4.78, 5) is 23.4. The summed E-state index contributed by atoms with van der Waals surface area (Å²) in [5.41, 5.74) is 0.928. The highest BCUT2D eigenvalue weighted by molar-refractivity contribution is 5.95. The van der Waals surface area contributed by atoms with Crippen LogP contribution < -0.4 is 4.74 Å². The van der Waals surface area contributed by atoms with Crippen molar-refractivity contribution in [2.24, 2.45) is 0 Å². The topological polar surface area (TPSA) is 76.4 Å². The largest absolute Gasteiger partial charge is 0.482 e. The van der Waals surface area contributed by atoms with Gasteiger partial charge in [-0.1, -0.05) is 0 Å². The first kappa shape index (κ1) is 18.1. The van der Waals surface area contributed by atoms with Gasteiger partial charge in [-0.3, -0.25) is 4.79 Å². The van der Waals surface area contributed by atoms with Crippen LogP contribution >= 0.6 is 0 Å². The molecule has 0 fully saturated rings. The number of nitriles is 1. The highest BCUT2D eigenvalue weighted by atomic mass is 19.1. The molecule has 0 bridgehead atoms. The van der Waals surface area contributed by atoms with Crippen molar-refractivity contribution < 1.29 is 23.5 Å². The van der Waals surface area contributed by atoms with E-state index in [1.165, 1.54) is 24.3 Å². The predicted octanol–water partition coefficient (Wildman–Crippen LogP) is 3.28. The Kier molecular flexibility index (Phi) is 6.66. The molecule has 0 unspecified atom stereocenters. The molecule has 0 atom stereocenters. The van der Waals surface area contributed by atoms with E-state index in [1.54, 1.807) is 24.3 Å². The highest BCUT2D eigenvalue weighted by Crippen LogP contribution is 2.11. The monoisotopic (exact) mass is 341 g/mol. The molecule has 0 saturated carbocycles. The van der Waals surface area contributed by atoms with Gasteiger partial charge in [-0.25, -0.2) is 9.18 Å². The zero-order valence-electron chi connectivity index (χ0n) is 13.4. The molecule has 0 radical (unpaired) electrons. The second-order valence-corrected chi connectivity index (χ2v) is 5.18. The Hall–Kier alpha value is -3.20. The number of halogens is 1. The van der Waals surface area contributed by atoms with Gasteiger partial charge in [-0.15, -0.1) is 0 Å². The fourth-order valence-corrected chi connectivity index (χ4v) is 2.01. The molecule has 2 aromatic carbocycles. The normalized spacial score (nSPS) is 9.92. The number of ether oxygens (including phenoxy) is 2. The summed E-state index contributed by atoms with van der Waals surface area (Å²) in [6.45, 7) is -0.152. The molecule has 0 amide bonds. The van der Waals surface area contributed by atoms with Crippen LogP contribution in [0.2, 0.25) is 0 Å². The maximum absolute atomic E-state index is 12.8. The van der Waals surface area contributed by atoms with Crippen LogP contribution in [0.15, 0.2) is 48.5 Å². The number of nitrogens with zero attached hydrogens (tertiary/aromatic N) is 1. The fraction of sp³-hybridized carbons (Fsp3) is 0.211. The van der Waals surface area contributed by atoms with Crippen molar-refractivity contribution in [2.45, 2.75) is 12.8 Å². The van der Waals surface area contributed by atoms with E-state index in [1.807, 2.05) is 6.07 Å². The summed E-state index contributed by atoms with van der Waals surface area (Å²) < 4.78 is 23.0. The van der Waals surface area contributed by atoms with Crippen LogP contribution in [-0.4, -0.2) is 25.0 Å². The van der Waals surface area contributed by atoms with Crippen LogP contribution in [-0.2, 0) is 9.53 Å². The van der Waals surface area contributed by atoms with E-state index in [2.05, 4.69) is 0 Å². The third-order valence-electron chi connectivity index (χ3n) is 3.32. The first-order valence-electron chi connectivity index (χ1n) is 7.66. The number of carbonyl (C=O) groups excluding carboxylic acids is 2. The Morgan fingerprint density at radius 3 is 2.36 bits per heavy atom. The first-order valence-corrected chi connectivity index (χ1v) is 7.66. The third kappa shape index (κ3) is 6.07. The van der Waals surface area contributed by atoms with E-state index in [0.717, 1.165) is 0 Å². The summed E-state index contributed by atoms with van der Waals surface area (Å²) >= 11 is 0. The number of benzene rings is 2. The van der Waals surface area contributed by atoms with Gasteiger partial charge in [0, 0.05) is 12.0 Å². The quantitative estimate of drug-likeness (QED) is 0.418. The molecular weight excluding hydrogens is 325 g/mol. The lowest BCUT2D eigenvalue weighted by Crippen LogP contribution is -2.16. The molecule has 0 aliphatic heterocycles. The zero-order valence-corrected chi connectivity index (χ0v) is 13.4. The van der Waals surface area contributed by atoms with E-state index in [-0.39, 0.29) is 25.4 Å². The van der Waals surface area contributed by atoms with Crippen LogP contribution in [0.3, 0.4) is 0 Å². The molecule has 2 rings (SSSR count). The van der Waals surface area contributed by atoms with E-state index < -0.39 is 11.8 Å². The van der Waals surface area contributed by atoms with Crippen molar-refractivity contribution in [1.29, 1.82) is 5.26 Å². The van der Waals surface area contributed by atoms with Gasteiger partial charge >= 0.3 is 5.97 Å². The number of hydrogen-bond donors (Lipinski definition) is 0. The fourth-order valence-electron chi connectivity index (χ4n) is 2.01. The molecule has 0 aliphatic carbocycles. The lowest BCUT2D eigenvalue weighted by atomic mass is 10.1. The van der Waals surface area contributed by atoms with Gasteiger partial charge in [0.05, 0.1) is 18.2 Å². The molecule has 0 aliphatic rings. The van der Waals surface area contributed by atoms with Crippen LogP contribution in [0.25, 0.3) is 0 Å². The van der Waals surface area contributed by atoms with Gasteiger partial charge in [-0.05, 0) is 55.0 Å². The van der Waals surface area contributed by atoms with Gasteiger partial charge in [-0.2, -0.15) is 5.26 Å². The van der Waals surface area contributed by atoms with Crippen LogP contribution in [0.1, 0.15) is 28.8 Å². The summed E-state index contributed by atoms with van der Waals surface area (Å²) in [7, 11) is 0. The summed E-state index contributed by atoms with van der Waals surface area (Å²) in [5, 5.41) is 8.69. The molecule has 128 valence electrons. The zero-order chi connectivity index (χ0) is 18.1. The molecule has 0 heterocycles. The van der Waals surface area contributed by atoms with Crippen molar-refractivity contribution in [3.63, 3.8) is 0 Å². The van der Waals surface area contributed by atoms with Gasteiger partial charge in [0.25, 0.3) is 0 Å². The number of hydrogen-bond acceptors (Lipinski definition) is 5. The molecule has 0 spiro atoms. The van der Waals surface area contributed by atoms with Gasteiger partial charge in [0.15, 0.2) is 12.4 Å². The minimum absolute atomic E-state index is 0.0997. The Balaban J connectivity index is 1.64. The second-order valence-electron chi connectivity index (χ2n) is 5.18. The maximum Gasteiger partial charge on any atom is 0.344 e. The minimum Gasteiger partial charge on any atom is -0.482 e. The molecule has 5 nitrogen and oxygen atoms in total. The average Bonchev–Trinajstić information content (AvgIpc) is 2.64. The van der Waals surface area contributed by atoms with Crippen LogP contribution in [0, 0.1) is 17.1 Å². The first-order chi connectivity index (χ1) is 12.1. The average molecular weight is 341 g/mol. The maximum atomic E-state index is 12.8. The molecule has 25 heavy (non-hydrogen) atoms. The second kappa shape index (κ2) is 9.18. The number of rotatable bonds is 8. The summed E-state index contributed by atoms with van der Waals surface area (Å²) in [6, 6.07) is 13.6. The van der Waals surface area contributed by atoms with E-state index in [4.69, 9.17) is 14.7 Å². The minimum atomic E-state index is -0.543. The SMILES string of the molecule is N#Cc1ccc(OCC(=O)OCCCC(=O)c2ccc(F)cc2)cc1. The lowest BCUT2D eigenvalue weighted by molar-refractivity contribution is -0.146. The number of Topliss-reactive ketones (excluding diaryl/α,β-unsaturated/α-hetero) is 1. The summed E-state index contributed by atoms with van der Waals surface area (Å²) in [6.07, 6.45) is 0.578. The Bertz CT molecular complexity index is 764. The number of ketones is 1. The van der Waals surface area contributed by atoms with E-state index in [9.17, 15) is 14.0 Å². The Morgan fingerprint density at radius 1 is 1.04 bits per heavy atom. The van der Waals surface area contributed by atoms with Crippen molar-refractivity contribution >= 4 is 11.8 Å². The number of esters is 1. The van der Waals surface area contributed by atoms with Crippen molar-refractivity contribution in [2.75, 3.05) is 13.2 Å². The molecule has 0 saturated heterocycles. The summed E-state index contributed by atoms with van der Waals surface area (Å²) in [5.74, 6) is -0.612. The van der Waals surface area contributed by atoms with Crippen LogP contribution in [0.4, 0.5) is 4.39 Å². The standard InChI is InChI=1S/C19H16FNO4/c20-16-7-5-15(6-8-16)18(22)2-1-11-24-19(23)13-25-17-9-3-14(12-21)4-10-17/h3-10H,1-2,11,13H2. The molecule has 0 N–H and O–H groups in total. The Labute approximate surface area is 144 Å². The van der Waals surface area contributed by atoms with Gasteiger partial charge in [0.1, 0.15) is 11.6 Å². The number of carbonyl (C=O) groups is 2.